The Morgan fingerprint density at radius 2 is 1.94 bits per heavy atom. The summed E-state index contributed by atoms with van der Waals surface area (Å²) in [5, 5.41) is 1.84. The molecule has 1 aliphatic carbocycles. The van der Waals surface area contributed by atoms with Gasteiger partial charge in [-0.05, 0) is 17.8 Å². The van der Waals surface area contributed by atoms with Crippen molar-refractivity contribution in [1.29, 1.82) is 0 Å². The Hall–Kier alpha value is -0.780. The molecule has 1 rings (SSSR count). The lowest BCUT2D eigenvalue weighted by atomic mass is 9.87. The number of hydrogen-bond acceptors (Lipinski definition) is 2. The van der Waals surface area contributed by atoms with Gasteiger partial charge in [0.15, 0.2) is 0 Å². The van der Waals surface area contributed by atoms with Crippen LogP contribution in [-0.4, -0.2) is 24.2 Å². The van der Waals surface area contributed by atoms with Crippen molar-refractivity contribution < 1.29 is 18.0 Å². The van der Waals surface area contributed by atoms with Crippen LogP contribution in [0.3, 0.4) is 0 Å². The molecule has 2 unspecified atom stereocenters. The molecule has 0 radical (unpaired) electrons. The first-order valence-corrected chi connectivity index (χ1v) is 5.11. The van der Waals surface area contributed by atoms with Crippen LogP contribution >= 0.6 is 0 Å². The van der Waals surface area contributed by atoms with Crippen LogP contribution < -0.4 is 11.1 Å². The molecule has 0 aromatic rings. The Kier molecular flexibility index (Phi) is 3.00. The lowest BCUT2D eigenvalue weighted by molar-refractivity contribution is -0.140. The van der Waals surface area contributed by atoms with Crippen LogP contribution in [0.25, 0.3) is 0 Å². The lowest BCUT2D eigenvalue weighted by Crippen LogP contribution is -2.48. The first-order valence-electron chi connectivity index (χ1n) is 5.11. The van der Waals surface area contributed by atoms with Gasteiger partial charge < -0.3 is 11.1 Å². The fraction of sp³-hybridized carbons (Fsp3) is 0.900. The summed E-state index contributed by atoms with van der Waals surface area (Å²) in [6.07, 6.45) is -3.95. The molecule has 0 spiro atoms. The summed E-state index contributed by atoms with van der Waals surface area (Å²) in [5.74, 6) is -0.766. The van der Waals surface area contributed by atoms with E-state index in [2.05, 4.69) is 0 Å². The van der Waals surface area contributed by atoms with Gasteiger partial charge in [0, 0.05) is 0 Å². The summed E-state index contributed by atoms with van der Waals surface area (Å²) in [6, 6.07) is 0. The molecule has 1 aliphatic rings. The second-order valence-electron chi connectivity index (χ2n) is 5.46. The molecule has 16 heavy (non-hydrogen) atoms. The molecule has 0 aromatic carbocycles. The number of carbonyl (C=O) groups is 1. The number of amides is 1. The van der Waals surface area contributed by atoms with Crippen LogP contribution in [0.2, 0.25) is 0 Å². The maximum absolute atomic E-state index is 11.9. The summed E-state index contributed by atoms with van der Waals surface area (Å²) in [7, 11) is 0. The third-order valence-electron chi connectivity index (χ3n) is 2.92. The minimum absolute atomic E-state index is 0.0618. The number of hydrogen-bond donors (Lipinski definition) is 2. The average molecular weight is 238 g/mol. The summed E-state index contributed by atoms with van der Waals surface area (Å²) >= 11 is 0. The van der Waals surface area contributed by atoms with Gasteiger partial charge in [0.05, 0.1) is 5.54 Å². The zero-order valence-electron chi connectivity index (χ0n) is 9.61. The average Bonchev–Trinajstić information content (AvgIpc) is 2.73. The Morgan fingerprint density at radius 1 is 1.44 bits per heavy atom. The Bertz CT molecular complexity index is 295. The smallest absolute Gasteiger partial charge is 0.345 e. The van der Waals surface area contributed by atoms with E-state index in [9.17, 15) is 18.0 Å². The first kappa shape index (κ1) is 13.3. The highest BCUT2D eigenvalue weighted by molar-refractivity contribution is 5.90. The molecule has 3 nitrogen and oxygen atoms in total. The lowest BCUT2D eigenvalue weighted by Gasteiger charge is -2.22. The molecule has 2 atom stereocenters. The van der Waals surface area contributed by atoms with Gasteiger partial charge in [0.1, 0.15) is 6.54 Å². The molecule has 1 saturated carbocycles. The molecule has 0 aromatic heterocycles. The molecule has 94 valence electrons. The Balaban J connectivity index is 2.52. The molecule has 3 N–H and O–H groups in total. The van der Waals surface area contributed by atoms with Crippen LogP contribution in [0.15, 0.2) is 0 Å². The standard InChI is InChI=1S/C10H17F3N2O/c1-8(2,3)6-4-9(6,14)7(16)15-5-10(11,12)13/h6H,4-5,14H2,1-3H3,(H,15,16). The molecule has 1 fully saturated rings. The van der Waals surface area contributed by atoms with Crippen molar-refractivity contribution in [3.8, 4) is 0 Å². The number of halogens is 3. The second-order valence-corrected chi connectivity index (χ2v) is 5.46. The minimum Gasteiger partial charge on any atom is -0.345 e. The zero-order chi connectivity index (χ0) is 12.8. The fourth-order valence-electron chi connectivity index (χ4n) is 1.95. The molecule has 1 amide bonds. The maximum atomic E-state index is 11.9. The van der Waals surface area contributed by atoms with Gasteiger partial charge in [0.2, 0.25) is 5.91 Å². The predicted octanol–water partition coefficient (Wildman–Crippen LogP) is 1.43. The van der Waals surface area contributed by atoms with Crippen LogP contribution in [0.5, 0.6) is 0 Å². The maximum Gasteiger partial charge on any atom is 0.405 e. The molecule has 0 bridgehead atoms. The van der Waals surface area contributed by atoms with Crippen molar-refractivity contribution in [2.24, 2.45) is 17.1 Å². The van der Waals surface area contributed by atoms with Gasteiger partial charge in [-0.1, -0.05) is 20.8 Å². The van der Waals surface area contributed by atoms with Gasteiger partial charge in [-0.15, -0.1) is 0 Å². The van der Waals surface area contributed by atoms with Crippen LogP contribution in [0.4, 0.5) is 13.2 Å². The van der Waals surface area contributed by atoms with E-state index in [4.69, 9.17) is 5.73 Å². The van der Waals surface area contributed by atoms with Gasteiger partial charge >= 0.3 is 6.18 Å². The minimum atomic E-state index is -4.39. The third-order valence-corrected chi connectivity index (χ3v) is 2.92. The predicted molar refractivity (Wildman–Crippen MR) is 53.5 cm³/mol. The highest BCUT2D eigenvalue weighted by atomic mass is 19.4. The largest absolute Gasteiger partial charge is 0.405 e. The summed E-state index contributed by atoms with van der Waals surface area (Å²) in [6.45, 7) is 4.44. The number of rotatable bonds is 2. The molecule has 0 heterocycles. The number of nitrogens with one attached hydrogen (secondary N) is 1. The highest BCUT2D eigenvalue weighted by Gasteiger charge is 2.61. The SMILES string of the molecule is CC(C)(C)C1CC1(N)C(=O)NCC(F)(F)F. The number of carbonyl (C=O) groups excluding carboxylic acids is 1. The van der Waals surface area contributed by atoms with Gasteiger partial charge in [-0.2, -0.15) is 13.2 Å². The van der Waals surface area contributed by atoms with E-state index in [0.29, 0.717) is 6.42 Å². The van der Waals surface area contributed by atoms with E-state index in [1.165, 1.54) is 0 Å². The van der Waals surface area contributed by atoms with Crippen LogP contribution in [0.1, 0.15) is 27.2 Å². The molecule has 0 aliphatic heterocycles. The van der Waals surface area contributed by atoms with E-state index in [1.807, 2.05) is 26.1 Å². The molecule has 0 saturated heterocycles. The van der Waals surface area contributed by atoms with E-state index >= 15 is 0 Å². The quantitative estimate of drug-likeness (QED) is 0.764. The number of alkyl halides is 3. The van der Waals surface area contributed by atoms with Crippen molar-refractivity contribution in [2.45, 2.75) is 38.9 Å². The van der Waals surface area contributed by atoms with Crippen molar-refractivity contribution in [2.75, 3.05) is 6.54 Å². The molecule has 6 heteroatoms. The fourth-order valence-corrected chi connectivity index (χ4v) is 1.95. The summed E-state index contributed by atoms with van der Waals surface area (Å²) in [4.78, 5) is 11.5. The van der Waals surface area contributed by atoms with Gasteiger partial charge in [-0.3, -0.25) is 4.79 Å². The summed E-state index contributed by atoms with van der Waals surface area (Å²) in [5.41, 5.74) is 4.49. The van der Waals surface area contributed by atoms with Crippen molar-refractivity contribution in [3.63, 3.8) is 0 Å². The summed E-state index contributed by atoms with van der Waals surface area (Å²) < 4.78 is 35.7. The molecular formula is C10H17F3N2O. The normalized spacial score (nSPS) is 30.1. The van der Waals surface area contributed by atoms with Gasteiger partial charge in [-0.25, -0.2) is 0 Å². The van der Waals surface area contributed by atoms with Crippen molar-refractivity contribution in [3.05, 3.63) is 0 Å². The molecular weight excluding hydrogens is 221 g/mol. The highest BCUT2D eigenvalue weighted by Crippen LogP contribution is 2.52. The van der Waals surface area contributed by atoms with E-state index < -0.39 is 24.2 Å². The van der Waals surface area contributed by atoms with E-state index in [-0.39, 0.29) is 11.3 Å². The van der Waals surface area contributed by atoms with Crippen molar-refractivity contribution in [1.82, 2.24) is 5.32 Å². The first-order chi connectivity index (χ1) is 6.97. The van der Waals surface area contributed by atoms with Crippen molar-refractivity contribution >= 4 is 5.91 Å². The van der Waals surface area contributed by atoms with Crippen LogP contribution in [0, 0.1) is 11.3 Å². The topological polar surface area (TPSA) is 55.1 Å². The van der Waals surface area contributed by atoms with Crippen LogP contribution in [-0.2, 0) is 4.79 Å². The Labute approximate surface area is 92.6 Å². The van der Waals surface area contributed by atoms with Gasteiger partial charge in [0.25, 0.3) is 0 Å². The van der Waals surface area contributed by atoms with E-state index in [0.717, 1.165) is 0 Å². The third kappa shape index (κ3) is 2.87. The second kappa shape index (κ2) is 3.61. The van der Waals surface area contributed by atoms with E-state index in [1.54, 1.807) is 0 Å². The monoisotopic (exact) mass is 238 g/mol. The number of nitrogens with two attached hydrogens (primary N) is 1. The zero-order valence-corrected chi connectivity index (χ0v) is 9.61. The Morgan fingerprint density at radius 3 is 2.25 bits per heavy atom.